The summed E-state index contributed by atoms with van der Waals surface area (Å²) in [6.07, 6.45) is 4.99. The highest BCUT2D eigenvalue weighted by atomic mass is 15.4. The van der Waals surface area contributed by atoms with Crippen molar-refractivity contribution in [2.24, 2.45) is 5.84 Å². The van der Waals surface area contributed by atoms with Crippen molar-refractivity contribution in [2.75, 3.05) is 35.9 Å². The van der Waals surface area contributed by atoms with Gasteiger partial charge in [-0.2, -0.15) is 15.0 Å². The first-order chi connectivity index (χ1) is 9.15. The lowest BCUT2D eigenvalue weighted by Crippen LogP contribution is -2.35. The lowest BCUT2D eigenvalue weighted by atomic mass is 10.2. The molecule has 0 aliphatic heterocycles. The number of nitrogen functional groups attached to an aromatic ring is 1. The highest BCUT2D eigenvalue weighted by molar-refractivity contribution is 5.44. The molecule has 3 N–H and O–H groups in total. The normalized spacial score (nSPS) is 15.6. The maximum absolute atomic E-state index is 5.44. The van der Waals surface area contributed by atoms with Crippen LogP contribution >= 0.6 is 0 Å². The number of rotatable bonds is 5. The van der Waals surface area contributed by atoms with E-state index >= 15 is 0 Å². The van der Waals surface area contributed by atoms with Gasteiger partial charge in [0.15, 0.2) is 0 Å². The van der Waals surface area contributed by atoms with Gasteiger partial charge in [0.2, 0.25) is 17.8 Å². The molecule has 0 radical (unpaired) electrons. The Bertz CT molecular complexity index is 415. The summed E-state index contributed by atoms with van der Waals surface area (Å²) in [4.78, 5) is 17.3. The number of nitrogens with one attached hydrogen (secondary N) is 1. The Balaban J connectivity index is 2.32. The number of hydrogen-bond acceptors (Lipinski definition) is 7. The van der Waals surface area contributed by atoms with Crippen molar-refractivity contribution < 1.29 is 0 Å². The molecule has 1 aromatic heterocycles. The van der Waals surface area contributed by atoms with E-state index in [-0.39, 0.29) is 0 Å². The van der Waals surface area contributed by atoms with Gasteiger partial charge in [-0.3, -0.25) is 5.43 Å². The minimum absolute atomic E-state index is 0.408. The number of nitrogens with zero attached hydrogens (tertiary/aromatic N) is 5. The fraction of sp³-hybridized carbons (Fsp3) is 0.750. The van der Waals surface area contributed by atoms with Crippen LogP contribution in [-0.2, 0) is 0 Å². The van der Waals surface area contributed by atoms with Crippen molar-refractivity contribution in [3.8, 4) is 0 Å². The van der Waals surface area contributed by atoms with E-state index in [1.54, 1.807) is 0 Å². The van der Waals surface area contributed by atoms with Crippen LogP contribution in [0.5, 0.6) is 0 Å². The molecule has 1 aromatic rings. The van der Waals surface area contributed by atoms with Gasteiger partial charge in [-0.25, -0.2) is 5.84 Å². The Morgan fingerprint density at radius 3 is 2.32 bits per heavy atom. The molecule has 0 unspecified atom stereocenters. The van der Waals surface area contributed by atoms with Crippen molar-refractivity contribution in [2.45, 2.75) is 38.6 Å². The van der Waals surface area contributed by atoms with Crippen LogP contribution < -0.4 is 21.1 Å². The van der Waals surface area contributed by atoms with Crippen LogP contribution in [0.15, 0.2) is 0 Å². The van der Waals surface area contributed by atoms with E-state index in [2.05, 4.69) is 32.2 Å². The van der Waals surface area contributed by atoms with E-state index in [1.807, 2.05) is 19.0 Å². The van der Waals surface area contributed by atoms with Crippen LogP contribution in [0.1, 0.15) is 32.6 Å². The van der Waals surface area contributed by atoms with Crippen molar-refractivity contribution in [1.82, 2.24) is 15.0 Å². The second-order valence-electron chi connectivity index (χ2n) is 5.02. The van der Waals surface area contributed by atoms with E-state index in [0.29, 0.717) is 23.9 Å². The quantitative estimate of drug-likeness (QED) is 0.606. The number of nitrogens with two attached hydrogens (primary N) is 1. The van der Waals surface area contributed by atoms with Gasteiger partial charge in [0.05, 0.1) is 0 Å². The molecule has 7 nitrogen and oxygen atoms in total. The van der Waals surface area contributed by atoms with Crippen LogP contribution in [0.25, 0.3) is 0 Å². The Kier molecular flexibility index (Phi) is 4.36. The second kappa shape index (κ2) is 6.01. The zero-order valence-electron chi connectivity index (χ0n) is 11.9. The molecule has 7 heteroatoms. The van der Waals surface area contributed by atoms with Gasteiger partial charge >= 0.3 is 0 Å². The highest BCUT2D eigenvalue weighted by Crippen LogP contribution is 2.27. The first kappa shape index (κ1) is 13.8. The summed E-state index contributed by atoms with van der Waals surface area (Å²) >= 11 is 0. The average molecular weight is 265 g/mol. The van der Waals surface area contributed by atoms with Gasteiger partial charge in [-0.1, -0.05) is 12.8 Å². The zero-order chi connectivity index (χ0) is 13.8. The first-order valence-electron chi connectivity index (χ1n) is 6.82. The molecule has 2 rings (SSSR count). The molecule has 1 heterocycles. The Hall–Kier alpha value is -1.63. The monoisotopic (exact) mass is 265 g/mol. The van der Waals surface area contributed by atoms with E-state index in [0.717, 1.165) is 6.54 Å². The van der Waals surface area contributed by atoms with Gasteiger partial charge in [0, 0.05) is 26.7 Å². The molecule has 1 fully saturated rings. The average Bonchev–Trinajstić information content (AvgIpc) is 2.93. The lowest BCUT2D eigenvalue weighted by molar-refractivity contribution is 0.603. The number of aromatic nitrogens is 3. The number of hydrazine groups is 1. The van der Waals surface area contributed by atoms with Crippen molar-refractivity contribution in [3.05, 3.63) is 0 Å². The lowest BCUT2D eigenvalue weighted by Gasteiger charge is -2.28. The van der Waals surface area contributed by atoms with Crippen molar-refractivity contribution in [3.63, 3.8) is 0 Å². The summed E-state index contributed by atoms with van der Waals surface area (Å²) in [5.74, 6) is 7.18. The highest BCUT2D eigenvalue weighted by Gasteiger charge is 2.24. The van der Waals surface area contributed by atoms with Gasteiger partial charge in [-0.05, 0) is 19.8 Å². The predicted octanol–water partition coefficient (Wildman–Crippen LogP) is 0.992. The summed E-state index contributed by atoms with van der Waals surface area (Å²) in [7, 11) is 3.82. The summed E-state index contributed by atoms with van der Waals surface area (Å²) in [5.41, 5.74) is 2.52. The smallest absolute Gasteiger partial charge is 0.243 e. The Morgan fingerprint density at radius 1 is 1.16 bits per heavy atom. The molecule has 0 atom stereocenters. The predicted molar refractivity (Wildman–Crippen MR) is 77.2 cm³/mol. The van der Waals surface area contributed by atoms with E-state index in [9.17, 15) is 0 Å². The molecule has 0 saturated heterocycles. The maximum atomic E-state index is 5.44. The van der Waals surface area contributed by atoms with Crippen LogP contribution in [0.3, 0.4) is 0 Å². The number of hydrogen-bond donors (Lipinski definition) is 2. The summed E-state index contributed by atoms with van der Waals surface area (Å²) < 4.78 is 0. The molecule has 0 amide bonds. The van der Waals surface area contributed by atoms with Gasteiger partial charge < -0.3 is 9.80 Å². The molecule has 1 aliphatic rings. The summed E-state index contributed by atoms with van der Waals surface area (Å²) in [6, 6.07) is 0.535. The maximum Gasteiger partial charge on any atom is 0.243 e. The van der Waals surface area contributed by atoms with Crippen molar-refractivity contribution >= 4 is 17.8 Å². The molecular formula is C12H23N7. The second-order valence-corrected chi connectivity index (χ2v) is 5.02. The topological polar surface area (TPSA) is 83.2 Å². The number of anilines is 3. The van der Waals surface area contributed by atoms with Crippen LogP contribution in [0.4, 0.5) is 17.8 Å². The zero-order valence-corrected chi connectivity index (χ0v) is 11.9. The third-order valence-electron chi connectivity index (χ3n) is 3.50. The minimum atomic E-state index is 0.408. The van der Waals surface area contributed by atoms with E-state index < -0.39 is 0 Å². The molecule has 1 saturated carbocycles. The van der Waals surface area contributed by atoms with Gasteiger partial charge in [0.1, 0.15) is 0 Å². The summed E-state index contributed by atoms with van der Waals surface area (Å²) in [5, 5.41) is 0. The fourth-order valence-corrected chi connectivity index (χ4v) is 2.53. The fourth-order valence-electron chi connectivity index (χ4n) is 2.53. The van der Waals surface area contributed by atoms with E-state index in [4.69, 9.17) is 5.84 Å². The molecule has 106 valence electrons. The molecule has 0 aromatic carbocycles. The first-order valence-corrected chi connectivity index (χ1v) is 6.82. The van der Waals surface area contributed by atoms with Crippen LogP contribution in [0.2, 0.25) is 0 Å². The Labute approximate surface area is 114 Å². The van der Waals surface area contributed by atoms with Crippen molar-refractivity contribution in [1.29, 1.82) is 0 Å². The molecule has 0 bridgehead atoms. The third-order valence-corrected chi connectivity index (χ3v) is 3.50. The largest absolute Gasteiger partial charge is 0.347 e. The van der Waals surface area contributed by atoms with Gasteiger partial charge in [-0.15, -0.1) is 0 Å². The van der Waals surface area contributed by atoms with E-state index in [1.165, 1.54) is 25.7 Å². The standard InChI is InChI=1S/C12H23N7/c1-4-19(9-7-5-6-8-9)12-15-10(17-13)14-11(16-12)18(2)3/h9H,4-8,13H2,1-3H3,(H,14,15,16,17). The van der Waals surface area contributed by atoms with Crippen LogP contribution in [-0.4, -0.2) is 41.6 Å². The minimum Gasteiger partial charge on any atom is -0.347 e. The molecule has 0 spiro atoms. The Morgan fingerprint density at radius 2 is 1.79 bits per heavy atom. The molecular weight excluding hydrogens is 242 g/mol. The van der Waals surface area contributed by atoms with Crippen LogP contribution in [0, 0.1) is 0 Å². The SMILES string of the molecule is CCN(c1nc(NN)nc(N(C)C)n1)C1CCCC1. The van der Waals surface area contributed by atoms with Gasteiger partial charge in [0.25, 0.3) is 0 Å². The third kappa shape index (κ3) is 3.04. The molecule has 19 heavy (non-hydrogen) atoms. The molecule has 1 aliphatic carbocycles. The summed E-state index contributed by atoms with van der Waals surface area (Å²) in [6.45, 7) is 3.03.